The molecule has 108 valence electrons. The number of nitriles is 1. The second kappa shape index (κ2) is 4.81. The van der Waals surface area contributed by atoms with E-state index in [1.165, 1.54) is 6.20 Å². The van der Waals surface area contributed by atoms with E-state index in [2.05, 4.69) is 21.5 Å². The van der Waals surface area contributed by atoms with Crippen LogP contribution < -0.4 is 5.32 Å². The summed E-state index contributed by atoms with van der Waals surface area (Å²) in [6, 6.07) is 5.62. The number of fused-ring (bicyclic) bond motifs is 1. The van der Waals surface area contributed by atoms with Crippen LogP contribution in [0.25, 0.3) is 0 Å². The number of carbonyl (C=O) groups excluding carboxylic acids is 1. The zero-order valence-electron chi connectivity index (χ0n) is 11.8. The number of pyridine rings is 1. The van der Waals surface area contributed by atoms with Gasteiger partial charge in [-0.05, 0) is 24.5 Å². The molecule has 1 N–H and O–H groups in total. The van der Waals surface area contributed by atoms with Gasteiger partial charge in [-0.3, -0.25) is 9.78 Å². The molecule has 1 unspecified atom stereocenters. The molecule has 4 rings (SSSR count). The molecule has 1 aliphatic carbocycles. The minimum Gasteiger partial charge on any atom is -0.342 e. The lowest BCUT2D eigenvalue weighted by atomic mass is 9.86. The van der Waals surface area contributed by atoms with E-state index in [9.17, 15) is 10.1 Å². The quantitative estimate of drug-likeness (QED) is 0.870. The fourth-order valence-corrected chi connectivity index (χ4v) is 3.19. The normalized spacial score (nSPS) is 20.0. The minimum atomic E-state index is -0.310. The summed E-state index contributed by atoms with van der Waals surface area (Å²) in [6.07, 6.45) is 7.19. The number of ketones is 1. The van der Waals surface area contributed by atoms with Crippen molar-refractivity contribution in [2.45, 2.75) is 25.3 Å². The van der Waals surface area contributed by atoms with Gasteiger partial charge in [-0.1, -0.05) is 6.07 Å². The molecule has 6 heteroatoms. The second-order valence-electron chi connectivity index (χ2n) is 5.45. The Balaban J connectivity index is 1.96. The molecule has 2 aromatic heterocycles. The van der Waals surface area contributed by atoms with E-state index in [1.54, 1.807) is 17.1 Å². The Labute approximate surface area is 127 Å². The Hall–Kier alpha value is -2.94. The van der Waals surface area contributed by atoms with E-state index in [4.69, 9.17) is 0 Å². The van der Waals surface area contributed by atoms with Crippen molar-refractivity contribution in [3.8, 4) is 6.07 Å². The molecule has 0 amide bonds. The van der Waals surface area contributed by atoms with Crippen LogP contribution in [0.3, 0.4) is 0 Å². The molecule has 3 heterocycles. The van der Waals surface area contributed by atoms with Crippen molar-refractivity contribution in [2.75, 3.05) is 5.32 Å². The second-order valence-corrected chi connectivity index (χ2v) is 5.45. The van der Waals surface area contributed by atoms with E-state index >= 15 is 0 Å². The lowest BCUT2D eigenvalue weighted by molar-refractivity contribution is -0.116. The van der Waals surface area contributed by atoms with E-state index in [0.29, 0.717) is 17.8 Å². The largest absolute Gasteiger partial charge is 0.342 e. The van der Waals surface area contributed by atoms with Gasteiger partial charge in [0.2, 0.25) is 0 Å². The number of carbonyl (C=O) groups is 1. The van der Waals surface area contributed by atoms with Crippen molar-refractivity contribution in [2.24, 2.45) is 0 Å². The highest BCUT2D eigenvalue weighted by atomic mass is 16.1. The molecule has 1 aliphatic heterocycles. The third-order valence-electron chi connectivity index (χ3n) is 4.16. The fraction of sp³-hybridized carbons (Fsp3) is 0.250. The Morgan fingerprint density at radius 3 is 3.05 bits per heavy atom. The number of aromatic nitrogens is 3. The molecule has 22 heavy (non-hydrogen) atoms. The third kappa shape index (κ3) is 1.76. The molecule has 0 saturated carbocycles. The monoisotopic (exact) mass is 291 g/mol. The molecule has 0 aromatic carbocycles. The van der Waals surface area contributed by atoms with Crippen molar-refractivity contribution in [1.29, 1.82) is 5.26 Å². The van der Waals surface area contributed by atoms with Gasteiger partial charge in [0.1, 0.15) is 23.5 Å². The molecule has 0 saturated heterocycles. The Morgan fingerprint density at radius 1 is 1.36 bits per heavy atom. The number of anilines is 1. The fourth-order valence-electron chi connectivity index (χ4n) is 3.19. The van der Waals surface area contributed by atoms with Crippen LogP contribution in [0.5, 0.6) is 0 Å². The first-order chi connectivity index (χ1) is 10.8. The van der Waals surface area contributed by atoms with E-state index in [-0.39, 0.29) is 11.8 Å². The summed E-state index contributed by atoms with van der Waals surface area (Å²) in [5.41, 5.74) is 3.05. The predicted molar refractivity (Wildman–Crippen MR) is 78.8 cm³/mol. The van der Waals surface area contributed by atoms with Crippen molar-refractivity contribution >= 4 is 11.6 Å². The van der Waals surface area contributed by atoms with Crippen LogP contribution in [0.1, 0.15) is 36.4 Å². The highest BCUT2D eigenvalue weighted by molar-refractivity contribution is 5.99. The number of rotatable bonds is 1. The van der Waals surface area contributed by atoms with Gasteiger partial charge in [-0.2, -0.15) is 10.4 Å². The predicted octanol–water partition coefficient (Wildman–Crippen LogP) is 2.17. The molecule has 0 fully saturated rings. The lowest BCUT2D eigenvalue weighted by Gasteiger charge is -2.33. The molecule has 1 atom stereocenters. The van der Waals surface area contributed by atoms with Gasteiger partial charge in [0.15, 0.2) is 5.78 Å². The van der Waals surface area contributed by atoms with Gasteiger partial charge < -0.3 is 5.32 Å². The number of hydrogen-bond donors (Lipinski definition) is 1. The van der Waals surface area contributed by atoms with Crippen LogP contribution in [0.15, 0.2) is 42.0 Å². The number of Topliss-reactive ketones (excluding diaryl/α,β-unsaturated/α-hetero) is 1. The first kappa shape index (κ1) is 12.8. The molecular weight excluding hydrogens is 278 g/mol. The average molecular weight is 291 g/mol. The molecule has 0 bridgehead atoms. The standard InChI is InChI=1S/C16H13N5O/c17-7-11-9-19-21-15(10-3-2-6-18-8-10)14-12(20-16(11)21)4-1-5-13(14)22/h2-3,6,8-9,15,20H,1,4-5H2. The zero-order chi connectivity index (χ0) is 15.1. The number of allylic oxidation sites excluding steroid dienone is 2. The lowest BCUT2D eigenvalue weighted by Crippen LogP contribution is -2.31. The van der Waals surface area contributed by atoms with Gasteiger partial charge in [0, 0.05) is 30.1 Å². The van der Waals surface area contributed by atoms with Crippen molar-refractivity contribution in [3.05, 3.63) is 53.1 Å². The number of nitrogens with one attached hydrogen (secondary N) is 1. The van der Waals surface area contributed by atoms with Crippen molar-refractivity contribution in [1.82, 2.24) is 14.8 Å². The summed E-state index contributed by atoms with van der Waals surface area (Å²) in [4.78, 5) is 16.6. The molecule has 0 spiro atoms. The topological polar surface area (TPSA) is 83.6 Å². The van der Waals surface area contributed by atoms with Gasteiger partial charge in [0.05, 0.1) is 6.20 Å². The van der Waals surface area contributed by atoms with Gasteiger partial charge in [0.25, 0.3) is 0 Å². The van der Waals surface area contributed by atoms with Gasteiger partial charge >= 0.3 is 0 Å². The maximum atomic E-state index is 12.5. The van der Waals surface area contributed by atoms with E-state index in [1.807, 2.05) is 12.1 Å². The van der Waals surface area contributed by atoms with Crippen LogP contribution >= 0.6 is 0 Å². The van der Waals surface area contributed by atoms with Gasteiger partial charge in [-0.25, -0.2) is 4.68 Å². The highest BCUT2D eigenvalue weighted by Gasteiger charge is 2.36. The minimum absolute atomic E-state index is 0.141. The first-order valence-electron chi connectivity index (χ1n) is 7.20. The first-order valence-corrected chi connectivity index (χ1v) is 7.20. The maximum Gasteiger partial charge on any atom is 0.163 e. The summed E-state index contributed by atoms with van der Waals surface area (Å²) in [5.74, 6) is 0.798. The highest BCUT2D eigenvalue weighted by Crippen LogP contribution is 2.40. The summed E-state index contributed by atoms with van der Waals surface area (Å²) >= 11 is 0. The Kier molecular flexibility index (Phi) is 2.79. The summed E-state index contributed by atoms with van der Waals surface area (Å²) < 4.78 is 1.72. The summed E-state index contributed by atoms with van der Waals surface area (Å²) in [5, 5.41) is 16.8. The van der Waals surface area contributed by atoms with Crippen molar-refractivity contribution < 1.29 is 4.79 Å². The van der Waals surface area contributed by atoms with Crippen LogP contribution in [0.4, 0.5) is 5.82 Å². The molecule has 0 radical (unpaired) electrons. The number of nitrogens with zero attached hydrogens (tertiary/aromatic N) is 4. The van der Waals surface area contributed by atoms with Crippen LogP contribution in [-0.4, -0.2) is 20.5 Å². The van der Waals surface area contributed by atoms with E-state index < -0.39 is 0 Å². The smallest absolute Gasteiger partial charge is 0.163 e. The zero-order valence-corrected chi connectivity index (χ0v) is 11.8. The molecule has 6 nitrogen and oxygen atoms in total. The maximum absolute atomic E-state index is 12.5. The third-order valence-corrected chi connectivity index (χ3v) is 4.16. The van der Waals surface area contributed by atoms with Gasteiger partial charge in [-0.15, -0.1) is 0 Å². The van der Waals surface area contributed by atoms with Crippen LogP contribution in [0.2, 0.25) is 0 Å². The van der Waals surface area contributed by atoms with Crippen LogP contribution in [-0.2, 0) is 4.79 Å². The summed E-state index contributed by atoms with van der Waals surface area (Å²) in [7, 11) is 0. The Morgan fingerprint density at radius 2 is 2.27 bits per heavy atom. The van der Waals surface area contributed by atoms with Crippen LogP contribution in [0, 0.1) is 11.3 Å². The summed E-state index contributed by atoms with van der Waals surface area (Å²) in [6.45, 7) is 0. The molecule has 2 aromatic rings. The molecular formula is C16H13N5O. The SMILES string of the molecule is N#Cc1cnn2c1NC1=C(C(=O)CCC1)C2c1cccnc1. The Bertz CT molecular complexity index is 828. The molecule has 2 aliphatic rings. The van der Waals surface area contributed by atoms with E-state index in [0.717, 1.165) is 29.7 Å². The van der Waals surface area contributed by atoms with Crippen molar-refractivity contribution in [3.63, 3.8) is 0 Å². The number of hydrogen-bond acceptors (Lipinski definition) is 5. The average Bonchev–Trinajstić information content (AvgIpc) is 2.96.